The van der Waals surface area contributed by atoms with E-state index in [1.54, 1.807) is 18.9 Å². The van der Waals surface area contributed by atoms with Crippen LogP contribution in [0.2, 0.25) is 0 Å². The summed E-state index contributed by atoms with van der Waals surface area (Å²) >= 11 is 1.59. The molecule has 0 radical (unpaired) electrons. The summed E-state index contributed by atoms with van der Waals surface area (Å²) in [4.78, 5) is 12.9. The summed E-state index contributed by atoms with van der Waals surface area (Å²) in [5.74, 6) is 8.63. The molecular formula is C26H25N7O2S. The van der Waals surface area contributed by atoms with Gasteiger partial charge >= 0.3 is 5.69 Å². The molecule has 2 heterocycles. The van der Waals surface area contributed by atoms with Gasteiger partial charge in [-0.25, -0.2) is 9.48 Å². The van der Waals surface area contributed by atoms with Gasteiger partial charge in [-0.05, 0) is 35.4 Å². The van der Waals surface area contributed by atoms with Crippen LogP contribution < -0.4 is 16.3 Å². The number of rotatable bonds is 9. The maximum Gasteiger partial charge on any atom is 0.365 e. The van der Waals surface area contributed by atoms with Gasteiger partial charge in [0.15, 0.2) is 16.8 Å². The fraction of sp³-hybridized carbons (Fsp3) is 0.154. The molecule has 5 rings (SSSR count). The predicted octanol–water partition coefficient (Wildman–Crippen LogP) is 3.28. The van der Waals surface area contributed by atoms with E-state index < -0.39 is 5.69 Å². The maximum atomic E-state index is 12.9. The van der Waals surface area contributed by atoms with Gasteiger partial charge < -0.3 is 10.6 Å². The maximum absolute atomic E-state index is 12.9. The Labute approximate surface area is 212 Å². The van der Waals surface area contributed by atoms with E-state index in [0.29, 0.717) is 18.1 Å². The highest BCUT2D eigenvalue weighted by Crippen LogP contribution is 2.25. The normalized spacial score (nSPS) is 11.0. The van der Waals surface area contributed by atoms with Gasteiger partial charge in [-0.3, -0.25) is 4.57 Å². The van der Waals surface area contributed by atoms with Crippen LogP contribution in [0.3, 0.4) is 0 Å². The topological polar surface area (TPSA) is 106 Å². The fourth-order valence-corrected chi connectivity index (χ4v) is 4.73. The molecule has 182 valence electrons. The SMILES string of the molecule is COc1ccc(Cc2nn(Cc3nnc(SCc4ccccc4)n3-c3ccccc3)c(=O)n2N)cc1. The van der Waals surface area contributed by atoms with Crippen LogP contribution >= 0.6 is 11.8 Å². The second-order valence-electron chi connectivity index (χ2n) is 8.10. The van der Waals surface area contributed by atoms with Gasteiger partial charge in [0.25, 0.3) is 0 Å². The molecule has 0 aliphatic heterocycles. The smallest absolute Gasteiger partial charge is 0.365 e. The molecule has 0 fully saturated rings. The van der Waals surface area contributed by atoms with E-state index in [0.717, 1.165) is 32.6 Å². The van der Waals surface area contributed by atoms with Crippen molar-refractivity contribution >= 4 is 11.8 Å². The third-order valence-electron chi connectivity index (χ3n) is 5.68. The lowest BCUT2D eigenvalue weighted by Gasteiger charge is -2.10. The molecule has 0 saturated heterocycles. The summed E-state index contributed by atoms with van der Waals surface area (Å²) in [6.07, 6.45) is 0.409. The minimum absolute atomic E-state index is 0.131. The van der Waals surface area contributed by atoms with Gasteiger partial charge in [0.05, 0.1) is 7.11 Å². The van der Waals surface area contributed by atoms with E-state index in [4.69, 9.17) is 10.6 Å². The van der Waals surface area contributed by atoms with Crippen LogP contribution in [0, 0.1) is 0 Å². The number of aromatic nitrogens is 6. The van der Waals surface area contributed by atoms with Crippen molar-refractivity contribution in [1.82, 2.24) is 29.2 Å². The first-order valence-electron chi connectivity index (χ1n) is 11.4. The molecule has 3 aromatic carbocycles. The predicted molar refractivity (Wildman–Crippen MR) is 139 cm³/mol. The first kappa shape index (κ1) is 23.4. The molecule has 0 atom stereocenters. The Hall–Kier alpha value is -4.31. The number of para-hydroxylation sites is 1. The summed E-state index contributed by atoms with van der Waals surface area (Å²) in [6, 6.07) is 27.6. The van der Waals surface area contributed by atoms with Gasteiger partial charge in [0.1, 0.15) is 12.3 Å². The van der Waals surface area contributed by atoms with Gasteiger partial charge in [-0.15, -0.1) is 10.2 Å². The monoisotopic (exact) mass is 499 g/mol. The van der Waals surface area contributed by atoms with Crippen LogP contribution in [0.5, 0.6) is 5.75 Å². The second-order valence-corrected chi connectivity index (χ2v) is 9.04. The number of nitrogens with zero attached hydrogens (tertiary/aromatic N) is 6. The molecule has 2 N–H and O–H groups in total. The molecular weight excluding hydrogens is 474 g/mol. The molecule has 0 spiro atoms. The number of thioether (sulfide) groups is 1. The summed E-state index contributed by atoms with van der Waals surface area (Å²) in [5, 5.41) is 14.1. The largest absolute Gasteiger partial charge is 0.497 e. The molecule has 0 amide bonds. The number of nitrogen functional groups attached to an aromatic ring is 1. The number of hydrogen-bond donors (Lipinski definition) is 1. The zero-order valence-corrected chi connectivity index (χ0v) is 20.5. The molecule has 0 unspecified atom stereocenters. The lowest BCUT2D eigenvalue weighted by molar-refractivity contribution is 0.414. The quantitative estimate of drug-likeness (QED) is 0.245. The highest BCUT2D eigenvalue weighted by atomic mass is 32.2. The summed E-state index contributed by atoms with van der Waals surface area (Å²) in [6.45, 7) is 0.131. The van der Waals surface area contributed by atoms with E-state index in [1.807, 2.05) is 77.4 Å². The third-order valence-corrected chi connectivity index (χ3v) is 6.68. The lowest BCUT2D eigenvalue weighted by Crippen LogP contribution is -2.31. The minimum atomic E-state index is -0.417. The first-order chi connectivity index (χ1) is 17.6. The highest BCUT2D eigenvalue weighted by molar-refractivity contribution is 7.98. The molecule has 0 aliphatic carbocycles. The summed E-state index contributed by atoms with van der Waals surface area (Å²) in [7, 11) is 1.62. The molecule has 0 bridgehead atoms. The average molecular weight is 500 g/mol. The number of ether oxygens (including phenoxy) is 1. The standard InChI is InChI=1S/C26H25N7O2S/c1-35-22-14-12-19(13-15-22)16-23-30-31(26(34)33(23)27)17-24-28-29-25(32(24)21-10-6-3-7-11-21)36-18-20-8-4-2-5-9-20/h2-15H,16-18,27H2,1H3. The van der Waals surface area contributed by atoms with Crippen LogP contribution in [-0.2, 0) is 18.7 Å². The van der Waals surface area contributed by atoms with Crippen LogP contribution in [0.15, 0.2) is 94.9 Å². The molecule has 9 nitrogen and oxygen atoms in total. The Balaban J connectivity index is 1.43. The Morgan fingerprint density at radius 3 is 2.25 bits per heavy atom. The Kier molecular flexibility index (Phi) is 6.85. The van der Waals surface area contributed by atoms with Crippen LogP contribution in [0.4, 0.5) is 0 Å². The van der Waals surface area contributed by atoms with Crippen molar-refractivity contribution in [3.63, 3.8) is 0 Å². The number of nitrogens with two attached hydrogens (primary N) is 1. The number of benzene rings is 3. The van der Waals surface area contributed by atoms with Crippen LogP contribution in [0.1, 0.15) is 22.8 Å². The van der Waals surface area contributed by atoms with E-state index in [2.05, 4.69) is 27.4 Å². The Bertz CT molecular complexity index is 1490. The van der Waals surface area contributed by atoms with E-state index in [1.165, 1.54) is 10.2 Å². The van der Waals surface area contributed by atoms with Crippen molar-refractivity contribution in [2.45, 2.75) is 23.9 Å². The van der Waals surface area contributed by atoms with E-state index >= 15 is 0 Å². The van der Waals surface area contributed by atoms with Crippen molar-refractivity contribution in [1.29, 1.82) is 0 Å². The second kappa shape index (κ2) is 10.5. The Morgan fingerprint density at radius 2 is 1.56 bits per heavy atom. The zero-order valence-electron chi connectivity index (χ0n) is 19.7. The summed E-state index contributed by atoms with van der Waals surface area (Å²) < 4.78 is 9.57. The Morgan fingerprint density at radius 1 is 0.861 bits per heavy atom. The number of methoxy groups -OCH3 is 1. The zero-order chi connectivity index (χ0) is 24.9. The van der Waals surface area contributed by atoms with Crippen molar-refractivity contribution in [3.05, 3.63) is 118 Å². The molecule has 0 aliphatic rings. The van der Waals surface area contributed by atoms with Crippen LogP contribution in [0.25, 0.3) is 5.69 Å². The number of hydrogen-bond acceptors (Lipinski definition) is 7. The minimum Gasteiger partial charge on any atom is -0.497 e. The van der Waals surface area contributed by atoms with Crippen molar-refractivity contribution < 1.29 is 4.74 Å². The van der Waals surface area contributed by atoms with Gasteiger partial charge in [0, 0.05) is 17.9 Å². The molecule has 2 aromatic heterocycles. The van der Waals surface area contributed by atoms with E-state index in [-0.39, 0.29) is 6.54 Å². The van der Waals surface area contributed by atoms with Gasteiger partial charge in [-0.2, -0.15) is 9.77 Å². The average Bonchev–Trinajstić information content (AvgIpc) is 3.45. The van der Waals surface area contributed by atoms with Crippen molar-refractivity contribution in [3.8, 4) is 11.4 Å². The van der Waals surface area contributed by atoms with Crippen LogP contribution in [-0.4, -0.2) is 36.3 Å². The fourth-order valence-electron chi connectivity index (χ4n) is 3.80. The molecule has 36 heavy (non-hydrogen) atoms. The summed E-state index contributed by atoms with van der Waals surface area (Å²) in [5.41, 5.74) is 2.64. The highest BCUT2D eigenvalue weighted by Gasteiger charge is 2.19. The van der Waals surface area contributed by atoms with Crippen molar-refractivity contribution in [2.24, 2.45) is 0 Å². The first-order valence-corrected chi connectivity index (χ1v) is 12.3. The lowest BCUT2D eigenvalue weighted by atomic mass is 10.1. The molecule has 0 saturated carbocycles. The van der Waals surface area contributed by atoms with Gasteiger partial charge in [-0.1, -0.05) is 72.4 Å². The molecule has 10 heteroatoms. The third kappa shape index (κ3) is 5.03. The molecule has 5 aromatic rings. The van der Waals surface area contributed by atoms with Gasteiger partial charge in [0.2, 0.25) is 0 Å². The van der Waals surface area contributed by atoms with E-state index in [9.17, 15) is 4.79 Å². The van der Waals surface area contributed by atoms with Crippen molar-refractivity contribution in [2.75, 3.05) is 13.0 Å².